The fourth-order valence-corrected chi connectivity index (χ4v) is 6.64. The number of hydrogen-bond acceptors (Lipinski definition) is 9. The van der Waals surface area contributed by atoms with Crippen molar-refractivity contribution in [3.8, 4) is 10.6 Å². The number of amides is 4. The Hall–Kier alpha value is -5.53. The number of rotatable bonds is 17. The number of alkyl carbamates (subject to hydrolysis) is 1. The number of urea groups is 1. The Morgan fingerprint density at radius 1 is 0.868 bits per heavy atom. The highest BCUT2D eigenvalue weighted by Gasteiger charge is 2.31. The molecule has 2 heterocycles. The number of aliphatic hydroxyl groups is 1. The van der Waals surface area contributed by atoms with Gasteiger partial charge < -0.3 is 35.2 Å². The first kappa shape index (κ1) is 38.7. The summed E-state index contributed by atoms with van der Waals surface area (Å²) >= 11 is 1.51. The van der Waals surface area contributed by atoms with E-state index in [4.69, 9.17) is 14.2 Å². The normalized spacial score (nSPS) is 13.4. The molecule has 4 amide bonds. The van der Waals surface area contributed by atoms with E-state index in [1.807, 2.05) is 110 Å². The van der Waals surface area contributed by atoms with Crippen molar-refractivity contribution in [3.05, 3.63) is 131 Å². The standard InChI is InChI=1S/C40H46N6O6S/c1-27(2)36(45-39(49)46(3)24-32-26-53-38(43-32)30-17-11-6-12-18-30)37(48)42-31(21-28-13-7-4-8-14-28)23-35(47)34(22-29-15-9-5-10-16-29)44-40(50)51-25-33-19-20-41-52-33/h4-20,26-27,31,34-36,47H,21-25H2,1-3H3,(H,42,48)(H,44,50)(H,45,49)/t31-,34-,35-,36-/m0/s1. The Morgan fingerprint density at radius 2 is 1.51 bits per heavy atom. The minimum Gasteiger partial charge on any atom is -0.441 e. The second kappa shape index (κ2) is 19.3. The maximum Gasteiger partial charge on any atom is 0.407 e. The van der Waals surface area contributed by atoms with E-state index in [1.165, 1.54) is 22.4 Å². The zero-order valence-electron chi connectivity index (χ0n) is 30.1. The van der Waals surface area contributed by atoms with E-state index in [0.29, 0.717) is 18.6 Å². The monoisotopic (exact) mass is 738 g/mol. The first-order valence-corrected chi connectivity index (χ1v) is 18.4. The summed E-state index contributed by atoms with van der Waals surface area (Å²) in [5, 5.41) is 26.9. The highest BCUT2D eigenvalue weighted by Crippen LogP contribution is 2.24. The number of hydrogen-bond donors (Lipinski definition) is 4. The van der Waals surface area contributed by atoms with Crippen LogP contribution in [0.5, 0.6) is 0 Å². The van der Waals surface area contributed by atoms with E-state index in [-0.39, 0.29) is 31.4 Å². The zero-order valence-corrected chi connectivity index (χ0v) is 30.9. The molecule has 12 nitrogen and oxygen atoms in total. The van der Waals surface area contributed by atoms with E-state index < -0.39 is 36.4 Å². The molecule has 13 heteroatoms. The molecule has 4 N–H and O–H groups in total. The van der Waals surface area contributed by atoms with Crippen molar-refractivity contribution >= 4 is 29.4 Å². The fraction of sp³-hybridized carbons (Fsp3) is 0.325. The molecule has 0 aliphatic rings. The third kappa shape index (κ3) is 12.0. The van der Waals surface area contributed by atoms with E-state index in [9.17, 15) is 19.5 Å². The minimum absolute atomic E-state index is 0.104. The highest BCUT2D eigenvalue weighted by molar-refractivity contribution is 7.13. The molecule has 0 bridgehead atoms. The lowest BCUT2D eigenvalue weighted by Gasteiger charge is -2.30. The number of benzene rings is 3. The molecule has 0 radical (unpaired) electrons. The van der Waals surface area contributed by atoms with Crippen molar-refractivity contribution in [3.63, 3.8) is 0 Å². The maximum absolute atomic E-state index is 13.9. The average molecular weight is 739 g/mol. The second-order valence-electron chi connectivity index (χ2n) is 13.2. The van der Waals surface area contributed by atoms with Gasteiger partial charge in [0.2, 0.25) is 5.91 Å². The Morgan fingerprint density at radius 3 is 2.13 bits per heavy atom. The highest BCUT2D eigenvalue weighted by atomic mass is 32.1. The van der Waals surface area contributed by atoms with Crippen molar-refractivity contribution in [1.82, 2.24) is 31.0 Å². The predicted molar refractivity (Wildman–Crippen MR) is 203 cm³/mol. The lowest BCUT2D eigenvalue weighted by atomic mass is 9.93. The van der Waals surface area contributed by atoms with Gasteiger partial charge in [-0.05, 0) is 36.3 Å². The van der Waals surface area contributed by atoms with Crippen LogP contribution in [0.4, 0.5) is 9.59 Å². The van der Waals surface area contributed by atoms with Crippen LogP contribution in [-0.2, 0) is 35.5 Å². The van der Waals surface area contributed by atoms with Gasteiger partial charge in [0, 0.05) is 30.1 Å². The molecule has 0 fully saturated rings. The van der Waals surface area contributed by atoms with Crippen LogP contribution >= 0.6 is 11.3 Å². The zero-order chi connectivity index (χ0) is 37.6. The summed E-state index contributed by atoms with van der Waals surface area (Å²) in [6.07, 6.45) is 0.465. The molecule has 3 aromatic carbocycles. The number of carbonyl (C=O) groups excluding carboxylic acids is 3. The first-order valence-electron chi connectivity index (χ1n) is 17.5. The summed E-state index contributed by atoms with van der Waals surface area (Å²) in [5.41, 5.74) is 3.60. The first-order chi connectivity index (χ1) is 25.6. The van der Waals surface area contributed by atoms with Crippen LogP contribution in [0, 0.1) is 5.92 Å². The number of aromatic nitrogens is 2. The third-order valence-corrected chi connectivity index (χ3v) is 9.59. The summed E-state index contributed by atoms with van der Waals surface area (Å²) in [6.45, 7) is 3.87. The third-order valence-electron chi connectivity index (χ3n) is 8.65. The molecule has 0 aliphatic carbocycles. The second-order valence-corrected chi connectivity index (χ2v) is 14.1. The van der Waals surface area contributed by atoms with Crippen molar-refractivity contribution in [2.24, 2.45) is 5.92 Å². The number of ether oxygens (including phenoxy) is 1. The van der Waals surface area contributed by atoms with Crippen molar-refractivity contribution in [1.29, 1.82) is 0 Å². The van der Waals surface area contributed by atoms with Gasteiger partial charge in [-0.2, -0.15) is 0 Å². The van der Waals surface area contributed by atoms with Crippen molar-refractivity contribution in [2.75, 3.05) is 7.05 Å². The molecule has 5 rings (SSSR count). The van der Waals surface area contributed by atoms with Crippen LogP contribution in [0.3, 0.4) is 0 Å². The van der Waals surface area contributed by atoms with Crippen LogP contribution in [0.15, 0.2) is 113 Å². The average Bonchev–Trinajstić information content (AvgIpc) is 3.86. The number of aliphatic hydroxyl groups excluding tert-OH is 1. The Labute approximate surface area is 313 Å². The van der Waals surface area contributed by atoms with E-state index in [0.717, 1.165) is 27.4 Å². The van der Waals surface area contributed by atoms with Gasteiger partial charge in [0.25, 0.3) is 0 Å². The quantitative estimate of drug-likeness (QED) is 0.0908. The molecule has 0 aliphatic heterocycles. The topological polar surface area (TPSA) is 159 Å². The lowest BCUT2D eigenvalue weighted by molar-refractivity contribution is -0.124. The molecule has 278 valence electrons. The number of carbonyl (C=O) groups is 3. The Bertz CT molecular complexity index is 1860. The van der Waals surface area contributed by atoms with Gasteiger partial charge in [-0.3, -0.25) is 4.79 Å². The smallest absolute Gasteiger partial charge is 0.407 e. The van der Waals surface area contributed by atoms with Gasteiger partial charge in [-0.1, -0.05) is 110 Å². The Balaban J connectivity index is 1.26. The summed E-state index contributed by atoms with van der Waals surface area (Å²) in [6, 6.07) is 28.0. The van der Waals surface area contributed by atoms with Gasteiger partial charge in [0.15, 0.2) is 12.4 Å². The molecule has 5 aromatic rings. The lowest BCUT2D eigenvalue weighted by Crippen LogP contribution is -2.55. The van der Waals surface area contributed by atoms with E-state index in [2.05, 4.69) is 21.1 Å². The molecular formula is C40H46N6O6S. The van der Waals surface area contributed by atoms with E-state index >= 15 is 0 Å². The van der Waals surface area contributed by atoms with Gasteiger partial charge in [-0.25, -0.2) is 14.6 Å². The molecule has 0 saturated heterocycles. The Kier molecular flexibility index (Phi) is 14.1. The molecule has 53 heavy (non-hydrogen) atoms. The summed E-state index contributed by atoms with van der Waals surface area (Å²) in [7, 11) is 1.66. The van der Waals surface area contributed by atoms with Gasteiger partial charge in [0.1, 0.15) is 11.0 Å². The van der Waals surface area contributed by atoms with Crippen molar-refractivity contribution in [2.45, 2.75) is 70.5 Å². The van der Waals surface area contributed by atoms with Crippen molar-refractivity contribution < 1.29 is 28.8 Å². The van der Waals surface area contributed by atoms with Crippen LogP contribution in [-0.4, -0.2) is 69.5 Å². The predicted octanol–water partition coefficient (Wildman–Crippen LogP) is 5.98. The van der Waals surface area contributed by atoms with Gasteiger partial charge in [0.05, 0.1) is 30.6 Å². The van der Waals surface area contributed by atoms with Crippen LogP contribution in [0.25, 0.3) is 10.6 Å². The SMILES string of the molecule is CC(C)[C@H](NC(=O)N(C)Cc1csc(-c2ccccc2)n1)C(=O)N[C@@H](Cc1ccccc1)C[C@H](O)[C@H](Cc1ccccc1)NC(=O)OCc1ccno1. The number of thiazole rings is 1. The number of nitrogens with one attached hydrogen (secondary N) is 3. The molecule has 4 atom stereocenters. The molecular weight excluding hydrogens is 693 g/mol. The largest absolute Gasteiger partial charge is 0.441 e. The summed E-state index contributed by atoms with van der Waals surface area (Å²) in [5.74, 6) is -0.247. The maximum atomic E-state index is 13.9. The summed E-state index contributed by atoms with van der Waals surface area (Å²) in [4.78, 5) is 46.4. The number of nitrogens with zero attached hydrogens (tertiary/aromatic N) is 3. The summed E-state index contributed by atoms with van der Waals surface area (Å²) < 4.78 is 10.3. The molecule has 0 spiro atoms. The fourth-order valence-electron chi connectivity index (χ4n) is 5.82. The van der Waals surface area contributed by atoms with Crippen LogP contribution in [0.1, 0.15) is 42.8 Å². The molecule has 0 unspecified atom stereocenters. The molecule has 2 aromatic heterocycles. The van der Waals surface area contributed by atoms with Crippen LogP contribution in [0.2, 0.25) is 0 Å². The molecule has 0 saturated carbocycles. The van der Waals surface area contributed by atoms with Gasteiger partial charge >= 0.3 is 12.1 Å². The minimum atomic E-state index is -1.08. The van der Waals surface area contributed by atoms with Gasteiger partial charge in [-0.15, -0.1) is 11.3 Å². The van der Waals surface area contributed by atoms with E-state index in [1.54, 1.807) is 13.1 Å². The van der Waals surface area contributed by atoms with Crippen LogP contribution < -0.4 is 16.0 Å².